The third kappa shape index (κ3) is 4.84. The van der Waals surface area contributed by atoms with Crippen LogP contribution in [0.1, 0.15) is 12.1 Å². The first-order valence-corrected chi connectivity index (χ1v) is 9.98. The zero-order chi connectivity index (χ0) is 21.8. The fraction of sp³-hybridized carbons (Fsp3) is 0.238. The van der Waals surface area contributed by atoms with Crippen molar-refractivity contribution in [2.24, 2.45) is 0 Å². The summed E-state index contributed by atoms with van der Waals surface area (Å²) in [5, 5.41) is 19.2. The zero-order valence-electron chi connectivity index (χ0n) is 16.4. The molecular weight excluding hydrogens is 424 g/mol. The van der Waals surface area contributed by atoms with E-state index in [1.807, 2.05) is 6.07 Å². The van der Waals surface area contributed by atoms with Gasteiger partial charge >= 0.3 is 0 Å². The minimum Gasteiger partial charge on any atom is -0.539 e. The molecule has 1 saturated heterocycles. The van der Waals surface area contributed by atoms with E-state index in [0.29, 0.717) is 16.4 Å². The number of hydrogen-bond donors (Lipinski definition) is 1. The van der Waals surface area contributed by atoms with Crippen molar-refractivity contribution in [1.29, 1.82) is 0 Å². The number of ether oxygens (including phenoxy) is 1. The Labute approximate surface area is 182 Å². The molecule has 31 heavy (non-hydrogen) atoms. The average Bonchev–Trinajstić information content (AvgIpc) is 3.13. The monoisotopic (exact) mass is 442 g/mol. The first-order chi connectivity index (χ1) is 15.0. The second kappa shape index (κ2) is 9.15. The highest BCUT2D eigenvalue weighted by atomic mass is 35.5. The second-order valence-electron chi connectivity index (χ2n) is 6.93. The molecule has 1 atom stereocenters. The first kappa shape index (κ1) is 20.8. The molecule has 0 bridgehead atoms. The number of carbonyl (C=O) groups excluding carboxylic acids is 2. The van der Waals surface area contributed by atoms with Gasteiger partial charge in [-0.15, -0.1) is 0 Å². The first-order valence-electron chi connectivity index (χ1n) is 9.60. The summed E-state index contributed by atoms with van der Waals surface area (Å²) in [5.74, 6) is -1.37. The van der Waals surface area contributed by atoms with Crippen LogP contribution in [0.25, 0.3) is 5.69 Å². The van der Waals surface area contributed by atoms with Gasteiger partial charge in [0.05, 0.1) is 18.3 Å². The Morgan fingerprint density at radius 2 is 1.97 bits per heavy atom. The van der Waals surface area contributed by atoms with Crippen molar-refractivity contribution < 1.29 is 28.6 Å². The number of carbonyl (C=O) groups is 2. The SMILES string of the molecule is O=C(CC1OCCN(Cc2c([O-])on[n+]2-c2ccccc2)C1=O)Nc1ccc(Cl)cc1. The van der Waals surface area contributed by atoms with E-state index in [0.717, 1.165) is 0 Å². The molecule has 0 saturated carbocycles. The second-order valence-corrected chi connectivity index (χ2v) is 7.37. The van der Waals surface area contributed by atoms with Crippen LogP contribution in [0.3, 0.4) is 0 Å². The molecule has 10 heteroatoms. The predicted octanol–water partition coefficient (Wildman–Crippen LogP) is 1.43. The molecule has 1 aromatic heterocycles. The molecule has 2 aromatic carbocycles. The van der Waals surface area contributed by atoms with Crippen molar-refractivity contribution in [3.8, 4) is 11.6 Å². The summed E-state index contributed by atoms with van der Waals surface area (Å²) in [5.41, 5.74) is 1.42. The van der Waals surface area contributed by atoms with E-state index in [1.54, 1.807) is 48.5 Å². The highest BCUT2D eigenvalue weighted by Gasteiger charge is 2.34. The highest BCUT2D eigenvalue weighted by molar-refractivity contribution is 6.30. The number of halogens is 1. The van der Waals surface area contributed by atoms with Gasteiger partial charge in [-0.2, -0.15) is 0 Å². The number of anilines is 1. The third-order valence-electron chi connectivity index (χ3n) is 4.80. The Morgan fingerprint density at radius 3 is 2.71 bits per heavy atom. The average molecular weight is 443 g/mol. The van der Waals surface area contributed by atoms with Crippen LogP contribution in [0.15, 0.2) is 59.1 Å². The minimum atomic E-state index is -0.943. The topological polar surface area (TPSA) is 112 Å². The van der Waals surface area contributed by atoms with Crippen molar-refractivity contribution in [3.05, 3.63) is 65.3 Å². The number of benzene rings is 2. The summed E-state index contributed by atoms with van der Waals surface area (Å²) in [6.07, 6.45) is -1.09. The van der Waals surface area contributed by atoms with E-state index in [4.69, 9.17) is 20.9 Å². The van der Waals surface area contributed by atoms with Crippen LogP contribution >= 0.6 is 11.6 Å². The summed E-state index contributed by atoms with van der Waals surface area (Å²) < 4.78 is 11.7. The van der Waals surface area contributed by atoms with Crippen molar-refractivity contribution in [1.82, 2.24) is 10.2 Å². The molecule has 0 radical (unpaired) electrons. The van der Waals surface area contributed by atoms with Gasteiger partial charge in [-0.05, 0) is 28.9 Å². The number of nitrogens with one attached hydrogen (secondary N) is 1. The molecule has 3 aromatic rings. The number of nitrogens with zero attached hydrogens (tertiary/aromatic N) is 3. The Balaban J connectivity index is 1.43. The van der Waals surface area contributed by atoms with Crippen LogP contribution in [0.5, 0.6) is 5.95 Å². The molecule has 2 amide bonds. The Morgan fingerprint density at radius 1 is 1.23 bits per heavy atom. The van der Waals surface area contributed by atoms with E-state index >= 15 is 0 Å². The molecule has 1 aliphatic heterocycles. The molecule has 1 aliphatic rings. The molecule has 0 spiro atoms. The summed E-state index contributed by atoms with van der Waals surface area (Å²) >= 11 is 5.84. The number of amides is 2. The number of aromatic nitrogens is 2. The quantitative estimate of drug-likeness (QED) is 0.578. The van der Waals surface area contributed by atoms with E-state index in [9.17, 15) is 14.7 Å². The largest absolute Gasteiger partial charge is 0.539 e. The number of hydrogen-bond acceptors (Lipinski definition) is 6. The van der Waals surface area contributed by atoms with Gasteiger partial charge in [-0.1, -0.05) is 29.8 Å². The standard InChI is InChI=1S/C21H19ClN4O5/c22-14-6-8-15(9-7-14)23-19(27)12-18-20(28)25(10-11-30-18)13-17-21(29)31-24-26(17)16-4-2-1-3-5-16/h1-9,18H,10-13H2,(H-,23,24,27,29). The maximum atomic E-state index is 12.9. The lowest BCUT2D eigenvalue weighted by Gasteiger charge is -2.31. The maximum Gasteiger partial charge on any atom is 0.259 e. The Kier molecular flexibility index (Phi) is 6.15. The van der Waals surface area contributed by atoms with E-state index in [2.05, 4.69) is 10.6 Å². The lowest BCUT2D eigenvalue weighted by molar-refractivity contribution is -0.678. The fourth-order valence-corrected chi connectivity index (χ4v) is 3.38. The van der Waals surface area contributed by atoms with Crippen LogP contribution < -0.4 is 15.1 Å². The van der Waals surface area contributed by atoms with E-state index < -0.39 is 12.1 Å². The number of para-hydroxylation sites is 1. The van der Waals surface area contributed by atoms with E-state index in [-0.39, 0.29) is 43.6 Å². The van der Waals surface area contributed by atoms with Gasteiger partial charge < -0.3 is 24.6 Å². The molecule has 4 rings (SSSR count). The molecule has 9 nitrogen and oxygen atoms in total. The molecule has 1 unspecified atom stereocenters. The van der Waals surface area contributed by atoms with Crippen molar-refractivity contribution >= 4 is 29.1 Å². The van der Waals surface area contributed by atoms with Crippen LogP contribution in [0.2, 0.25) is 5.02 Å². The number of rotatable bonds is 6. The Bertz CT molecular complexity index is 1070. The summed E-state index contributed by atoms with van der Waals surface area (Å²) in [6.45, 7) is 0.526. The van der Waals surface area contributed by atoms with Gasteiger partial charge in [0.2, 0.25) is 11.6 Å². The highest BCUT2D eigenvalue weighted by Crippen LogP contribution is 2.19. The van der Waals surface area contributed by atoms with Crippen LogP contribution in [-0.4, -0.2) is 41.2 Å². The van der Waals surface area contributed by atoms with Crippen molar-refractivity contribution in [3.63, 3.8) is 0 Å². The number of morpholine rings is 1. The minimum absolute atomic E-state index is 0.00523. The predicted molar refractivity (Wildman–Crippen MR) is 107 cm³/mol. The van der Waals surface area contributed by atoms with Crippen LogP contribution in [-0.2, 0) is 20.9 Å². The van der Waals surface area contributed by atoms with Crippen LogP contribution in [0.4, 0.5) is 5.69 Å². The fourth-order valence-electron chi connectivity index (χ4n) is 3.26. The molecule has 1 N–H and O–H groups in total. The molecule has 160 valence electrons. The van der Waals surface area contributed by atoms with Crippen molar-refractivity contribution in [2.45, 2.75) is 19.1 Å². The zero-order valence-corrected chi connectivity index (χ0v) is 17.1. The summed E-state index contributed by atoms with van der Waals surface area (Å²) in [7, 11) is 0. The van der Waals surface area contributed by atoms with Gasteiger partial charge in [0.25, 0.3) is 11.6 Å². The maximum absolute atomic E-state index is 12.9. The van der Waals surface area contributed by atoms with Gasteiger partial charge in [-0.25, -0.2) is 0 Å². The van der Waals surface area contributed by atoms with E-state index in [1.165, 1.54) is 9.58 Å². The van der Waals surface area contributed by atoms with Gasteiger partial charge in [0, 0.05) is 29.4 Å². The normalized spacial score (nSPS) is 16.4. The summed E-state index contributed by atoms with van der Waals surface area (Å²) in [6, 6.07) is 15.6. The molecule has 0 aliphatic carbocycles. The molecule has 2 heterocycles. The van der Waals surface area contributed by atoms with Gasteiger partial charge in [0.15, 0.2) is 5.95 Å². The third-order valence-corrected chi connectivity index (χ3v) is 5.06. The van der Waals surface area contributed by atoms with Crippen molar-refractivity contribution in [2.75, 3.05) is 18.5 Å². The van der Waals surface area contributed by atoms with Crippen LogP contribution in [0, 0.1) is 0 Å². The lowest BCUT2D eigenvalue weighted by Crippen LogP contribution is -2.50. The Hall–Kier alpha value is -3.43. The van der Waals surface area contributed by atoms with Gasteiger partial charge in [0.1, 0.15) is 12.6 Å². The summed E-state index contributed by atoms with van der Waals surface area (Å²) in [4.78, 5) is 26.7. The lowest BCUT2D eigenvalue weighted by atomic mass is 10.1. The molecular formula is C21H19ClN4O5. The smallest absolute Gasteiger partial charge is 0.259 e. The van der Waals surface area contributed by atoms with Gasteiger partial charge in [-0.3, -0.25) is 9.59 Å². The molecule has 1 fully saturated rings.